The Hall–Kier alpha value is -3.54. The number of carbonyl (C=O) groups is 2. The highest BCUT2D eigenvalue weighted by Gasteiger charge is 2.29. The van der Waals surface area contributed by atoms with Crippen LogP contribution in [0.2, 0.25) is 0 Å². The van der Waals surface area contributed by atoms with E-state index in [1.165, 1.54) is 4.90 Å². The van der Waals surface area contributed by atoms with Gasteiger partial charge in [0.15, 0.2) is 5.76 Å². The Morgan fingerprint density at radius 2 is 1.93 bits per heavy atom. The van der Waals surface area contributed by atoms with Gasteiger partial charge >= 0.3 is 6.09 Å². The molecule has 0 saturated heterocycles. The molecule has 0 spiro atoms. The van der Waals surface area contributed by atoms with E-state index in [1.54, 1.807) is 38.4 Å². The van der Waals surface area contributed by atoms with Crippen molar-refractivity contribution in [2.24, 2.45) is 0 Å². The van der Waals surface area contributed by atoms with Crippen molar-refractivity contribution >= 4 is 18.0 Å². The molecule has 0 radical (unpaired) electrons. The third kappa shape index (κ3) is 3.24. The molecule has 4 rings (SSSR count). The molecule has 1 atom stereocenters. The Morgan fingerprint density at radius 3 is 2.71 bits per heavy atom. The molecule has 2 aliphatic rings. The molecular weight excluding hydrogens is 358 g/mol. The van der Waals surface area contributed by atoms with Crippen LogP contribution in [0.25, 0.3) is 6.08 Å². The maximum absolute atomic E-state index is 12.7. The fourth-order valence-electron chi connectivity index (χ4n) is 3.00. The Bertz CT molecular complexity index is 1030. The third-order valence-corrected chi connectivity index (χ3v) is 4.52. The van der Waals surface area contributed by atoms with Gasteiger partial charge < -0.3 is 19.1 Å². The van der Waals surface area contributed by atoms with E-state index in [9.17, 15) is 9.59 Å². The second-order valence-electron chi connectivity index (χ2n) is 6.80. The highest BCUT2D eigenvalue weighted by atomic mass is 16.6. The summed E-state index contributed by atoms with van der Waals surface area (Å²) in [7, 11) is 3.19. The van der Waals surface area contributed by atoms with Gasteiger partial charge in [0.25, 0.3) is 0 Å². The normalized spacial score (nSPS) is 18.5. The molecular formula is C22H19NO5. The quantitative estimate of drug-likeness (QED) is 0.738. The summed E-state index contributed by atoms with van der Waals surface area (Å²) in [5, 5.41) is 0. The number of carbonyl (C=O) groups excluding carboxylic acids is 2. The molecule has 28 heavy (non-hydrogen) atoms. The van der Waals surface area contributed by atoms with Crippen LogP contribution in [0, 0.1) is 0 Å². The van der Waals surface area contributed by atoms with Crippen LogP contribution in [0.1, 0.15) is 22.8 Å². The van der Waals surface area contributed by atoms with Crippen LogP contribution in [0.3, 0.4) is 0 Å². The van der Waals surface area contributed by atoms with Gasteiger partial charge in [-0.05, 0) is 42.8 Å². The molecule has 2 aromatic rings. The first-order valence-corrected chi connectivity index (χ1v) is 8.87. The summed E-state index contributed by atoms with van der Waals surface area (Å²) in [6, 6.07) is 12.4. The molecule has 0 fully saturated rings. The Labute approximate surface area is 162 Å². The molecule has 2 aliphatic heterocycles. The van der Waals surface area contributed by atoms with E-state index in [-0.39, 0.29) is 17.6 Å². The van der Waals surface area contributed by atoms with Gasteiger partial charge in [0.2, 0.25) is 5.78 Å². The maximum Gasteiger partial charge on any atom is 0.414 e. The SMILES string of the molecule is CC1Oc2ccccc2C=C1C=C1Oc2cc(OC(=O)N(C)C)ccc2C1=O. The zero-order valence-electron chi connectivity index (χ0n) is 15.8. The van der Waals surface area contributed by atoms with Crippen LogP contribution in [-0.2, 0) is 0 Å². The minimum Gasteiger partial charge on any atom is -0.485 e. The average molecular weight is 377 g/mol. The van der Waals surface area contributed by atoms with Crippen LogP contribution in [0.4, 0.5) is 4.79 Å². The van der Waals surface area contributed by atoms with Gasteiger partial charge in [-0.3, -0.25) is 4.79 Å². The molecule has 0 bridgehead atoms. The number of benzene rings is 2. The van der Waals surface area contributed by atoms with Gasteiger partial charge in [-0.25, -0.2) is 4.79 Å². The van der Waals surface area contributed by atoms with E-state index in [0.717, 1.165) is 16.9 Å². The lowest BCUT2D eigenvalue weighted by molar-refractivity contribution is 0.101. The summed E-state index contributed by atoms with van der Waals surface area (Å²) in [6.07, 6.45) is 2.98. The van der Waals surface area contributed by atoms with E-state index in [1.807, 2.05) is 37.3 Å². The van der Waals surface area contributed by atoms with Crippen LogP contribution in [0.5, 0.6) is 17.2 Å². The van der Waals surface area contributed by atoms with Gasteiger partial charge in [0.1, 0.15) is 23.4 Å². The molecule has 2 heterocycles. The zero-order chi connectivity index (χ0) is 19.8. The van der Waals surface area contributed by atoms with Crippen molar-refractivity contribution in [2.75, 3.05) is 14.1 Å². The van der Waals surface area contributed by atoms with Crippen LogP contribution in [-0.4, -0.2) is 37.0 Å². The second kappa shape index (κ2) is 6.88. The van der Waals surface area contributed by atoms with Crippen molar-refractivity contribution in [3.63, 3.8) is 0 Å². The van der Waals surface area contributed by atoms with Crippen molar-refractivity contribution in [1.29, 1.82) is 0 Å². The monoisotopic (exact) mass is 377 g/mol. The molecule has 6 nitrogen and oxygen atoms in total. The molecule has 0 N–H and O–H groups in total. The fourth-order valence-corrected chi connectivity index (χ4v) is 3.00. The second-order valence-corrected chi connectivity index (χ2v) is 6.80. The highest BCUT2D eigenvalue weighted by Crippen LogP contribution is 2.36. The number of hydrogen-bond acceptors (Lipinski definition) is 5. The minimum atomic E-state index is -0.503. The topological polar surface area (TPSA) is 65.1 Å². The number of Topliss-reactive ketones (excluding diaryl/α,β-unsaturated/α-hetero) is 1. The third-order valence-electron chi connectivity index (χ3n) is 4.52. The summed E-state index contributed by atoms with van der Waals surface area (Å²) in [5.74, 6) is 1.49. The lowest BCUT2D eigenvalue weighted by atomic mass is 10.0. The predicted molar refractivity (Wildman–Crippen MR) is 104 cm³/mol. The number of fused-ring (bicyclic) bond motifs is 2. The molecule has 0 saturated carbocycles. The first kappa shape index (κ1) is 17.9. The van der Waals surface area contributed by atoms with Crippen LogP contribution < -0.4 is 14.2 Å². The van der Waals surface area contributed by atoms with Crippen LogP contribution >= 0.6 is 0 Å². The van der Waals surface area contributed by atoms with Gasteiger partial charge in [-0.15, -0.1) is 0 Å². The summed E-state index contributed by atoms with van der Waals surface area (Å²) in [5.41, 5.74) is 2.23. The highest BCUT2D eigenvalue weighted by molar-refractivity contribution is 6.12. The molecule has 6 heteroatoms. The molecule has 1 unspecified atom stereocenters. The number of ether oxygens (including phenoxy) is 3. The zero-order valence-corrected chi connectivity index (χ0v) is 15.8. The van der Waals surface area contributed by atoms with E-state index in [2.05, 4.69) is 0 Å². The first-order chi connectivity index (χ1) is 13.4. The van der Waals surface area contributed by atoms with E-state index >= 15 is 0 Å². The number of para-hydroxylation sites is 1. The number of rotatable bonds is 2. The van der Waals surface area contributed by atoms with E-state index in [0.29, 0.717) is 17.1 Å². The molecule has 142 valence electrons. The molecule has 0 aliphatic carbocycles. The summed E-state index contributed by atoms with van der Waals surface area (Å²) >= 11 is 0. The number of nitrogens with zero attached hydrogens (tertiary/aromatic N) is 1. The van der Waals surface area contributed by atoms with Crippen molar-refractivity contribution in [2.45, 2.75) is 13.0 Å². The lowest BCUT2D eigenvalue weighted by Crippen LogP contribution is -2.25. The minimum absolute atomic E-state index is 0.209. The van der Waals surface area contributed by atoms with Crippen molar-refractivity contribution in [3.8, 4) is 17.2 Å². The number of amides is 1. The molecule has 2 aromatic carbocycles. The van der Waals surface area contributed by atoms with Crippen molar-refractivity contribution in [3.05, 3.63) is 71.0 Å². The maximum atomic E-state index is 12.7. The smallest absolute Gasteiger partial charge is 0.414 e. The summed E-state index contributed by atoms with van der Waals surface area (Å²) in [6.45, 7) is 1.92. The lowest BCUT2D eigenvalue weighted by Gasteiger charge is -2.22. The van der Waals surface area contributed by atoms with E-state index < -0.39 is 6.09 Å². The molecule has 0 aromatic heterocycles. The standard InChI is InChI=1S/C22H19NO5/c1-13-15(10-14-6-4-5-7-18(14)26-13)11-20-21(24)17-9-8-16(12-19(17)28-20)27-22(25)23(2)3/h4-13H,1-3H3. The van der Waals surface area contributed by atoms with Gasteiger partial charge in [-0.1, -0.05) is 18.2 Å². The van der Waals surface area contributed by atoms with Gasteiger partial charge in [0, 0.05) is 25.7 Å². The Balaban J connectivity index is 1.61. The van der Waals surface area contributed by atoms with Gasteiger partial charge in [0.05, 0.1) is 5.56 Å². The Morgan fingerprint density at radius 1 is 1.14 bits per heavy atom. The fraction of sp³-hybridized carbons (Fsp3) is 0.182. The van der Waals surface area contributed by atoms with Crippen LogP contribution in [0.15, 0.2) is 59.9 Å². The predicted octanol–water partition coefficient (Wildman–Crippen LogP) is 4.07. The van der Waals surface area contributed by atoms with E-state index in [4.69, 9.17) is 14.2 Å². The Kier molecular flexibility index (Phi) is 4.39. The number of hydrogen-bond donors (Lipinski definition) is 0. The first-order valence-electron chi connectivity index (χ1n) is 8.87. The summed E-state index contributed by atoms with van der Waals surface area (Å²) in [4.78, 5) is 25.7. The molecule has 1 amide bonds. The summed E-state index contributed by atoms with van der Waals surface area (Å²) < 4.78 is 16.9. The largest absolute Gasteiger partial charge is 0.485 e. The average Bonchev–Trinajstić information content (AvgIpc) is 2.97. The number of allylic oxidation sites excluding steroid dienone is 1. The van der Waals surface area contributed by atoms with Gasteiger partial charge in [-0.2, -0.15) is 0 Å². The number of ketones is 1. The van der Waals surface area contributed by atoms with Crippen molar-refractivity contribution in [1.82, 2.24) is 4.90 Å². The van der Waals surface area contributed by atoms with Crippen molar-refractivity contribution < 1.29 is 23.8 Å².